The molecule has 0 bridgehead atoms. The summed E-state index contributed by atoms with van der Waals surface area (Å²) in [5.74, 6) is 0.828. The second-order valence-electron chi connectivity index (χ2n) is 4.72. The fourth-order valence-corrected chi connectivity index (χ4v) is 1.80. The average molecular weight is 274 g/mol. The topological polar surface area (TPSA) is 34.2 Å². The number of pyridine rings is 1. The molecule has 0 amide bonds. The highest BCUT2D eigenvalue weighted by Crippen LogP contribution is 2.23. The number of halogens is 1. The summed E-state index contributed by atoms with van der Waals surface area (Å²) >= 11 is 0. The van der Waals surface area contributed by atoms with Gasteiger partial charge in [0.25, 0.3) is 0 Å². The van der Waals surface area contributed by atoms with Gasteiger partial charge in [0, 0.05) is 18.8 Å². The maximum Gasteiger partial charge on any atom is 0.146 e. The fraction of sp³-hybridized carbons (Fsp3) is 0.312. The van der Waals surface area contributed by atoms with Crippen molar-refractivity contribution in [2.24, 2.45) is 0 Å². The predicted molar refractivity (Wildman–Crippen MR) is 77.4 cm³/mol. The zero-order valence-electron chi connectivity index (χ0n) is 11.8. The molecule has 0 aliphatic carbocycles. The zero-order valence-corrected chi connectivity index (χ0v) is 11.8. The van der Waals surface area contributed by atoms with Crippen molar-refractivity contribution in [2.45, 2.75) is 26.8 Å². The van der Waals surface area contributed by atoms with Crippen molar-refractivity contribution in [2.75, 3.05) is 6.54 Å². The van der Waals surface area contributed by atoms with Gasteiger partial charge in [0.1, 0.15) is 17.3 Å². The summed E-state index contributed by atoms with van der Waals surface area (Å²) in [5.41, 5.74) is 1.65. The number of nitrogens with zero attached hydrogens (tertiary/aromatic N) is 1. The Morgan fingerprint density at radius 1 is 1.20 bits per heavy atom. The first kappa shape index (κ1) is 14.5. The van der Waals surface area contributed by atoms with Gasteiger partial charge in [-0.15, -0.1) is 0 Å². The number of hydrogen-bond donors (Lipinski definition) is 1. The van der Waals surface area contributed by atoms with E-state index in [-0.39, 0.29) is 5.82 Å². The third kappa shape index (κ3) is 4.03. The van der Waals surface area contributed by atoms with Crippen molar-refractivity contribution in [3.05, 3.63) is 53.6 Å². The van der Waals surface area contributed by atoms with Crippen molar-refractivity contribution >= 4 is 0 Å². The lowest BCUT2D eigenvalue weighted by Crippen LogP contribution is -2.13. The van der Waals surface area contributed by atoms with Gasteiger partial charge in [-0.1, -0.05) is 13.0 Å². The first-order valence-corrected chi connectivity index (χ1v) is 6.77. The summed E-state index contributed by atoms with van der Waals surface area (Å²) in [7, 11) is 0. The zero-order chi connectivity index (χ0) is 14.4. The number of rotatable bonds is 6. The Hall–Kier alpha value is -1.94. The first-order valence-electron chi connectivity index (χ1n) is 6.77. The van der Waals surface area contributed by atoms with Crippen LogP contribution in [0.2, 0.25) is 0 Å². The first-order chi connectivity index (χ1) is 9.69. The highest BCUT2D eigenvalue weighted by molar-refractivity contribution is 5.33. The molecule has 0 saturated carbocycles. The second kappa shape index (κ2) is 7.01. The Balaban J connectivity index is 2.05. The Morgan fingerprint density at radius 3 is 2.80 bits per heavy atom. The van der Waals surface area contributed by atoms with E-state index in [1.807, 2.05) is 6.07 Å². The lowest BCUT2D eigenvalue weighted by atomic mass is 10.2. The monoisotopic (exact) mass is 274 g/mol. The summed E-state index contributed by atoms with van der Waals surface area (Å²) in [6, 6.07) is 6.75. The lowest BCUT2D eigenvalue weighted by molar-refractivity contribution is 0.472. The van der Waals surface area contributed by atoms with Gasteiger partial charge in [-0.05, 0) is 43.1 Å². The SMILES string of the molecule is CCCNCc1cncc(Oc2ccc(C)c(F)c2)c1. The van der Waals surface area contributed by atoms with Crippen LogP contribution in [0.1, 0.15) is 24.5 Å². The normalized spacial score (nSPS) is 10.6. The summed E-state index contributed by atoms with van der Waals surface area (Å²) < 4.78 is 19.1. The molecule has 106 valence electrons. The van der Waals surface area contributed by atoms with E-state index < -0.39 is 0 Å². The molecule has 3 nitrogen and oxygen atoms in total. The number of nitrogens with one attached hydrogen (secondary N) is 1. The van der Waals surface area contributed by atoms with Gasteiger partial charge < -0.3 is 10.1 Å². The molecule has 0 aliphatic heterocycles. The molecule has 1 aromatic carbocycles. The molecular formula is C16H19FN2O. The van der Waals surface area contributed by atoms with E-state index in [1.54, 1.807) is 31.5 Å². The Morgan fingerprint density at radius 2 is 2.05 bits per heavy atom. The van der Waals surface area contributed by atoms with E-state index >= 15 is 0 Å². The van der Waals surface area contributed by atoms with Crippen molar-refractivity contribution in [3.8, 4) is 11.5 Å². The molecule has 0 saturated heterocycles. The van der Waals surface area contributed by atoms with Crippen LogP contribution in [0.4, 0.5) is 4.39 Å². The van der Waals surface area contributed by atoms with E-state index in [0.717, 1.165) is 25.1 Å². The molecule has 2 rings (SSSR count). The van der Waals surface area contributed by atoms with Crippen molar-refractivity contribution < 1.29 is 9.13 Å². The molecule has 0 atom stereocenters. The summed E-state index contributed by atoms with van der Waals surface area (Å²) in [4.78, 5) is 4.14. The van der Waals surface area contributed by atoms with Crippen LogP contribution in [-0.4, -0.2) is 11.5 Å². The molecule has 0 aliphatic rings. The molecule has 4 heteroatoms. The summed E-state index contributed by atoms with van der Waals surface area (Å²) in [6.45, 7) is 5.56. The summed E-state index contributed by atoms with van der Waals surface area (Å²) in [5, 5.41) is 3.30. The molecule has 0 fully saturated rings. The molecule has 1 heterocycles. The Labute approximate surface area is 118 Å². The van der Waals surface area contributed by atoms with Crippen LogP contribution in [-0.2, 0) is 6.54 Å². The lowest BCUT2D eigenvalue weighted by Gasteiger charge is -2.08. The molecule has 0 unspecified atom stereocenters. The van der Waals surface area contributed by atoms with Crippen LogP contribution in [0.3, 0.4) is 0 Å². The quantitative estimate of drug-likeness (QED) is 0.813. The minimum Gasteiger partial charge on any atom is -0.456 e. The maximum atomic E-state index is 13.5. The van der Waals surface area contributed by atoms with Crippen LogP contribution in [0.25, 0.3) is 0 Å². The number of benzene rings is 1. The van der Waals surface area contributed by atoms with Crippen LogP contribution in [0.5, 0.6) is 11.5 Å². The Kier molecular flexibility index (Phi) is 5.07. The molecule has 0 spiro atoms. The van der Waals surface area contributed by atoms with Gasteiger partial charge in [-0.3, -0.25) is 4.98 Å². The second-order valence-corrected chi connectivity index (χ2v) is 4.72. The van der Waals surface area contributed by atoms with E-state index in [0.29, 0.717) is 17.1 Å². The average Bonchev–Trinajstić information content (AvgIpc) is 2.44. The third-order valence-corrected chi connectivity index (χ3v) is 2.90. The molecule has 0 radical (unpaired) electrons. The van der Waals surface area contributed by atoms with E-state index in [1.165, 1.54) is 6.07 Å². The number of ether oxygens (including phenoxy) is 1. The molecule has 2 aromatic rings. The smallest absolute Gasteiger partial charge is 0.146 e. The number of aromatic nitrogens is 1. The van der Waals surface area contributed by atoms with Gasteiger partial charge in [0.2, 0.25) is 0 Å². The molecule has 1 aromatic heterocycles. The van der Waals surface area contributed by atoms with Crippen LogP contribution in [0.15, 0.2) is 36.7 Å². The summed E-state index contributed by atoms with van der Waals surface area (Å²) in [6.07, 6.45) is 4.51. The van der Waals surface area contributed by atoms with Gasteiger partial charge >= 0.3 is 0 Å². The van der Waals surface area contributed by atoms with Crippen LogP contribution < -0.4 is 10.1 Å². The fourth-order valence-electron chi connectivity index (χ4n) is 1.80. The van der Waals surface area contributed by atoms with E-state index in [4.69, 9.17) is 4.74 Å². The van der Waals surface area contributed by atoms with Crippen LogP contribution in [0, 0.1) is 12.7 Å². The largest absolute Gasteiger partial charge is 0.456 e. The highest BCUT2D eigenvalue weighted by Gasteiger charge is 2.03. The molecule has 1 N–H and O–H groups in total. The minimum atomic E-state index is -0.267. The number of aryl methyl sites for hydroxylation is 1. The van der Waals surface area contributed by atoms with Crippen molar-refractivity contribution in [3.63, 3.8) is 0 Å². The van der Waals surface area contributed by atoms with Crippen molar-refractivity contribution in [1.29, 1.82) is 0 Å². The van der Waals surface area contributed by atoms with Crippen LogP contribution >= 0.6 is 0 Å². The molecular weight excluding hydrogens is 255 g/mol. The Bertz CT molecular complexity index is 572. The van der Waals surface area contributed by atoms with E-state index in [9.17, 15) is 4.39 Å². The highest BCUT2D eigenvalue weighted by atomic mass is 19.1. The standard InChI is InChI=1S/C16H19FN2O/c1-3-6-18-9-13-7-15(11-19-10-13)20-14-5-4-12(2)16(17)8-14/h4-5,7-8,10-11,18H,3,6,9H2,1-2H3. The minimum absolute atomic E-state index is 0.267. The van der Waals surface area contributed by atoms with Gasteiger partial charge in [-0.2, -0.15) is 0 Å². The predicted octanol–water partition coefficient (Wildman–Crippen LogP) is 3.82. The van der Waals surface area contributed by atoms with Crippen molar-refractivity contribution in [1.82, 2.24) is 10.3 Å². The van der Waals surface area contributed by atoms with Gasteiger partial charge in [0.05, 0.1) is 6.20 Å². The molecule has 20 heavy (non-hydrogen) atoms. The number of hydrogen-bond acceptors (Lipinski definition) is 3. The van der Waals surface area contributed by atoms with Gasteiger partial charge in [0.15, 0.2) is 0 Å². The van der Waals surface area contributed by atoms with E-state index in [2.05, 4.69) is 17.2 Å². The van der Waals surface area contributed by atoms with Gasteiger partial charge in [-0.25, -0.2) is 4.39 Å². The maximum absolute atomic E-state index is 13.5. The third-order valence-electron chi connectivity index (χ3n) is 2.90.